The van der Waals surface area contributed by atoms with Crippen LogP contribution in [0.25, 0.3) is 56.3 Å². The van der Waals surface area contributed by atoms with Crippen molar-refractivity contribution in [3.8, 4) is 56.3 Å². The monoisotopic (exact) mass is 1510 g/mol. The Kier molecular flexibility index (Phi) is 34.6. The van der Waals surface area contributed by atoms with Crippen molar-refractivity contribution in [2.75, 3.05) is 0 Å². The molecule has 10 aromatic rings. The molecule has 0 saturated carbocycles. The molecule has 111 heavy (non-hydrogen) atoms. The van der Waals surface area contributed by atoms with Crippen molar-refractivity contribution in [1.82, 2.24) is 0 Å². The van der Waals surface area contributed by atoms with Gasteiger partial charge in [-0.25, -0.2) is 22.8 Å². The average Bonchev–Trinajstić information content (AvgIpc) is 0.755. The molecule has 5 heteroatoms. The fraction of sp³-hybridized carbons (Fsp3) is 0.481. The highest BCUT2D eigenvalue weighted by atomic mass is 14.9. The van der Waals surface area contributed by atoms with Gasteiger partial charge in [-0.3, -0.25) is 0 Å². The van der Waals surface area contributed by atoms with Gasteiger partial charge in [0.2, 0.25) is 28.5 Å². The van der Waals surface area contributed by atoms with Gasteiger partial charge in [0.15, 0.2) is 31.0 Å². The molecule has 0 aliphatic carbocycles. The van der Waals surface area contributed by atoms with E-state index in [9.17, 15) is 0 Å². The van der Waals surface area contributed by atoms with Crippen molar-refractivity contribution in [3.63, 3.8) is 0 Å². The molecule has 0 atom stereocenters. The molecule has 0 saturated heterocycles. The Hall–Kier alpha value is -8.15. The van der Waals surface area contributed by atoms with Gasteiger partial charge >= 0.3 is 0 Å². The highest BCUT2D eigenvalue weighted by molar-refractivity contribution is 5.66. The maximum absolute atomic E-state index is 7.72. The molecule has 606 valence electrons. The summed E-state index contributed by atoms with van der Waals surface area (Å²) in [6.45, 7) is 52.0. The lowest BCUT2D eigenvalue weighted by atomic mass is 9.68. The van der Waals surface area contributed by atoms with Crippen molar-refractivity contribution in [2.45, 2.75) is 308 Å². The maximum Gasteiger partial charge on any atom is 0.212 e. The fourth-order valence-corrected chi connectivity index (χ4v) is 14.3. The molecule has 0 bridgehead atoms. The first-order valence-corrected chi connectivity index (χ1v) is 39.6. The Morgan fingerprint density at radius 3 is 0.847 bits per heavy atom. The molecule has 0 amide bonds. The van der Waals surface area contributed by atoms with Crippen LogP contribution in [0.1, 0.15) is 305 Å². The second-order valence-corrected chi connectivity index (χ2v) is 33.7. The predicted octanol–water partition coefficient (Wildman–Crippen LogP) is 27.8. The van der Waals surface area contributed by atoms with Crippen LogP contribution in [-0.4, -0.2) is 0 Å². The van der Waals surface area contributed by atoms with Crippen molar-refractivity contribution in [2.24, 2.45) is 35.2 Å². The normalized spacial score (nSPS) is 12.4. The summed E-state index contributed by atoms with van der Waals surface area (Å²) >= 11 is 0. The van der Waals surface area contributed by atoms with E-state index in [-0.39, 0.29) is 69.6 Å². The van der Waals surface area contributed by atoms with E-state index >= 15 is 0 Å². The van der Waals surface area contributed by atoms with Crippen LogP contribution in [0.4, 0.5) is 0 Å². The zero-order valence-electron chi connectivity index (χ0n) is 77.7. The Morgan fingerprint density at radius 1 is 0.252 bits per heavy atom. The lowest BCUT2D eigenvalue weighted by molar-refractivity contribution is -0.661. The number of benzene rings is 5. The van der Waals surface area contributed by atoms with E-state index in [2.05, 4.69) is 357 Å². The summed E-state index contributed by atoms with van der Waals surface area (Å²) in [5.41, 5.74) is 31.2. The van der Waals surface area contributed by atoms with Gasteiger partial charge in [-0.1, -0.05) is 251 Å². The third-order valence-electron chi connectivity index (χ3n) is 24.7. The number of rotatable bonds is 19. The first kappa shape index (κ1) is 90.0. The lowest BCUT2D eigenvalue weighted by Crippen LogP contribution is -2.38. The quantitative estimate of drug-likeness (QED) is 0.0719. The smallest absolute Gasteiger partial charge is 0.201 e. The van der Waals surface area contributed by atoms with Crippen LogP contribution >= 0.6 is 0 Å². The summed E-state index contributed by atoms with van der Waals surface area (Å²) in [5, 5.41) is 0. The number of aromatic nitrogens is 5. The summed E-state index contributed by atoms with van der Waals surface area (Å²) in [5.74, 6) is 0. The molecule has 0 fully saturated rings. The van der Waals surface area contributed by atoms with E-state index in [1.54, 1.807) is 18.2 Å². The van der Waals surface area contributed by atoms with Crippen molar-refractivity contribution in [3.05, 3.63) is 266 Å². The largest absolute Gasteiger partial charge is 0.212 e. The molecular formula is C106H162N5+5. The third-order valence-corrected chi connectivity index (χ3v) is 24.7. The summed E-state index contributed by atoms with van der Waals surface area (Å²) in [7, 11) is 10.6. The van der Waals surface area contributed by atoms with Gasteiger partial charge in [0.1, 0.15) is 35.2 Å². The third kappa shape index (κ3) is 24.4. The second kappa shape index (κ2) is 42.6. The first-order chi connectivity index (χ1) is 52.1. The Bertz CT molecular complexity index is 4840. The van der Waals surface area contributed by atoms with Crippen LogP contribution in [-0.2, 0) is 67.7 Å². The Balaban J connectivity index is 0.000000730. The molecular weight excluding hydrogens is 1340 g/mol. The van der Waals surface area contributed by atoms with Crippen LogP contribution in [0.5, 0.6) is 0 Å². The number of aryl methyl sites for hydroxylation is 14. The SMILES string of the molecule is C.C.C.C.C.CCC(C)(C)c1c[n+](C)c(-c2ccccc2C)cc1C.CCC(C)(C)c1ccc(-c2ccc(C)cc2C)[n+](C)c1.CCC(C)(C)c1ccc(-c2ccccc2C)[n+](C)c1.[2H]C([2H])([2H])c1ccc(-c2cc(C(C)(CC)CC)c(C(C)(CC)CC)c[n+]2C)c(C)c1.[2H]C([2H])([2H])c1ccc(-c2ccc(C(C)(C)CC)c[n+]2C)c(C)c1. The minimum absolute atomic E-state index is 0. The number of pyridine rings is 5. The van der Waals surface area contributed by atoms with Crippen molar-refractivity contribution in [1.29, 1.82) is 0 Å². The minimum atomic E-state index is -2.08. The molecule has 5 aromatic carbocycles. The Labute approximate surface area is 692 Å². The van der Waals surface area contributed by atoms with E-state index < -0.39 is 13.7 Å². The molecule has 0 aliphatic rings. The lowest BCUT2D eigenvalue weighted by Gasteiger charge is -2.36. The molecule has 0 N–H and O–H groups in total. The van der Waals surface area contributed by atoms with Gasteiger partial charge < -0.3 is 0 Å². The maximum atomic E-state index is 7.72. The molecule has 0 spiro atoms. The zero-order valence-corrected chi connectivity index (χ0v) is 71.7. The summed E-state index contributed by atoms with van der Waals surface area (Å²) in [6, 6.07) is 52.8. The van der Waals surface area contributed by atoms with Gasteiger partial charge in [-0.15, -0.1) is 0 Å². The topological polar surface area (TPSA) is 19.4 Å². The molecule has 5 aromatic heterocycles. The first-order valence-electron chi connectivity index (χ1n) is 42.6. The minimum Gasteiger partial charge on any atom is -0.201 e. The van der Waals surface area contributed by atoms with E-state index in [1.807, 2.05) is 39.1 Å². The van der Waals surface area contributed by atoms with Crippen molar-refractivity contribution >= 4 is 0 Å². The van der Waals surface area contributed by atoms with Gasteiger partial charge in [-0.05, 0) is 234 Å². The van der Waals surface area contributed by atoms with Crippen LogP contribution < -0.4 is 22.8 Å². The molecule has 5 nitrogen and oxygen atoms in total. The molecule has 0 radical (unpaired) electrons. The molecule has 0 aliphatic heterocycles. The fourth-order valence-electron chi connectivity index (χ4n) is 14.3. The second-order valence-electron chi connectivity index (χ2n) is 33.7. The highest BCUT2D eigenvalue weighted by Gasteiger charge is 2.37. The summed E-state index contributed by atoms with van der Waals surface area (Å²) in [4.78, 5) is 0. The van der Waals surface area contributed by atoms with Crippen LogP contribution in [0, 0.1) is 62.2 Å². The predicted molar refractivity (Wildman–Crippen MR) is 491 cm³/mol. The van der Waals surface area contributed by atoms with Gasteiger partial charge in [-0.2, -0.15) is 0 Å². The van der Waals surface area contributed by atoms with Gasteiger partial charge in [0.25, 0.3) is 0 Å². The van der Waals surface area contributed by atoms with E-state index in [0.717, 1.165) is 85.0 Å². The molecule has 0 unspecified atom stereocenters. The summed E-state index contributed by atoms with van der Waals surface area (Å²) < 4.78 is 56.9. The van der Waals surface area contributed by atoms with Crippen LogP contribution in [0.15, 0.2) is 183 Å². The van der Waals surface area contributed by atoms with E-state index in [1.165, 1.54) is 95.0 Å². The van der Waals surface area contributed by atoms with E-state index in [4.69, 9.17) is 8.22 Å². The summed E-state index contributed by atoms with van der Waals surface area (Å²) in [6.07, 6.45) is 20.3. The van der Waals surface area contributed by atoms with Gasteiger partial charge in [0, 0.05) is 94.2 Å². The molecule has 5 heterocycles. The highest BCUT2D eigenvalue weighted by Crippen LogP contribution is 2.43. The molecule has 10 rings (SSSR count). The van der Waals surface area contributed by atoms with Crippen molar-refractivity contribution < 1.29 is 31.1 Å². The Morgan fingerprint density at radius 2 is 0.532 bits per heavy atom. The number of hydrogen-bond acceptors (Lipinski definition) is 0. The number of nitrogens with zero attached hydrogens (tertiary/aromatic N) is 5. The number of hydrogen-bond donors (Lipinski definition) is 0. The zero-order chi connectivity index (χ0) is 84.2. The van der Waals surface area contributed by atoms with Crippen LogP contribution in [0.3, 0.4) is 0 Å². The average molecular weight is 1510 g/mol. The van der Waals surface area contributed by atoms with Gasteiger partial charge in [0.05, 0.1) is 0 Å². The van der Waals surface area contributed by atoms with E-state index in [0.29, 0.717) is 11.1 Å². The van der Waals surface area contributed by atoms with Crippen LogP contribution in [0.2, 0.25) is 0 Å². The standard InChI is InChI=1S/C26H40N.3C19H26N.C18H24N.5CH4/c1-10-25(7,11-2)22-17-24(21-15-14-19(5)16-20(21)6)27(9)18-23(22)26(8,12-3)13-4;2*1-7-19(4,5)16-9-11-18(20(6)13-16)17-10-8-14(2)12-15(17)3;1-7-19(4,5)17-13-20(6)18(12-15(17)3)16-11-9-8-10-14(16)2;1-6-18(3,4)15-11-12-17(19(5)13-15)16-10-8-7-9-14(16)2;;;;;/h14-18H,10-13H2,1-9H3;3*8-13H,7H2,1-6H3;7-13H,6H2,1-5H3;5*1H4/q5*+1;;;;;/i5D3;2D3;;;;;;;;.